The quantitative estimate of drug-likeness (QED) is 0.705. The molecular formula is C17H19IN2O2. The number of rotatable bonds is 6. The van der Waals surface area contributed by atoms with Crippen LogP contribution in [0, 0.1) is 3.57 Å². The lowest BCUT2D eigenvalue weighted by atomic mass is 10.3. The second kappa shape index (κ2) is 8.03. The minimum Gasteiger partial charge on any atom is -0.491 e. The first-order valence-electron chi connectivity index (χ1n) is 7.09. The average molecular weight is 410 g/mol. The molecular weight excluding hydrogens is 391 g/mol. The molecule has 2 aromatic carbocycles. The molecule has 0 unspecified atom stereocenters. The normalized spacial score (nSPS) is 10.4. The molecule has 0 aliphatic rings. The summed E-state index contributed by atoms with van der Waals surface area (Å²) in [6, 6.07) is 15.3. The van der Waals surface area contributed by atoms with E-state index >= 15 is 0 Å². The molecule has 116 valence electrons. The fourth-order valence-electron chi connectivity index (χ4n) is 1.87. The minimum absolute atomic E-state index is 0.0970. The van der Waals surface area contributed by atoms with Gasteiger partial charge >= 0.3 is 0 Å². The van der Waals surface area contributed by atoms with E-state index in [9.17, 15) is 4.79 Å². The number of ether oxygens (including phenoxy) is 1. The van der Waals surface area contributed by atoms with Crippen LogP contribution in [-0.4, -0.2) is 18.6 Å². The molecule has 0 aromatic heterocycles. The molecule has 0 saturated heterocycles. The third-order valence-corrected chi connectivity index (χ3v) is 3.51. The highest BCUT2D eigenvalue weighted by Crippen LogP contribution is 2.18. The van der Waals surface area contributed by atoms with Gasteiger partial charge in [0.25, 0.3) is 0 Å². The number of amides is 1. The Balaban J connectivity index is 1.87. The number of carbonyl (C=O) groups is 1. The Morgan fingerprint density at radius 2 is 1.86 bits per heavy atom. The van der Waals surface area contributed by atoms with Gasteiger partial charge in [-0.1, -0.05) is 6.07 Å². The zero-order chi connectivity index (χ0) is 15.9. The summed E-state index contributed by atoms with van der Waals surface area (Å²) in [6.07, 6.45) is 0.105. The molecule has 0 radical (unpaired) electrons. The van der Waals surface area contributed by atoms with Gasteiger partial charge in [0, 0.05) is 21.0 Å². The van der Waals surface area contributed by atoms with Crippen molar-refractivity contribution < 1.29 is 9.53 Å². The van der Waals surface area contributed by atoms with E-state index in [0.29, 0.717) is 0 Å². The van der Waals surface area contributed by atoms with Gasteiger partial charge in [-0.15, -0.1) is 0 Å². The standard InChI is InChI=1S/C17H19IN2O2/c1-12(2)22-16-5-3-4-15(10-16)20-17(21)11-19-14-8-6-13(18)7-9-14/h3-10,12,19H,11H2,1-2H3,(H,20,21). The van der Waals surface area contributed by atoms with Crippen LogP contribution in [0.5, 0.6) is 5.75 Å². The van der Waals surface area contributed by atoms with Crippen LogP contribution >= 0.6 is 22.6 Å². The van der Waals surface area contributed by atoms with Gasteiger partial charge in [-0.3, -0.25) is 4.79 Å². The predicted molar refractivity (Wildman–Crippen MR) is 98.5 cm³/mol. The van der Waals surface area contributed by atoms with Crippen LogP contribution in [0.4, 0.5) is 11.4 Å². The van der Waals surface area contributed by atoms with Crippen LogP contribution in [0.15, 0.2) is 48.5 Å². The summed E-state index contributed by atoms with van der Waals surface area (Å²) in [5, 5.41) is 5.95. The second-order valence-electron chi connectivity index (χ2n) is 5.10. The number of carbonyl (C=O) groups excluding carboxylic acids is 1. The molecule has 0 aliphatic heterocycles. The zero-order valence-electron chi connectivity index (χ0n) is 12.6. The molecule has 0 atom stereocenters. The fourth-order valence-corrected chi connectivity index (χ4v) is 2.23. The van der Waals surface area contributed by atoms with Gasteiger partial charge in [0.1, 0.15) is 5.75 Å². The third-order valence-electron chi connectivity index (χ3n) is 2.79. The summed E-state index contributed by atoms with van der Waals surface area (Å²) in [6.45, 7) is 4.16. The maximum absolute atomic E-state index is 12.0. The van der Waals surface area contributed by atoms with Crippen LogP contribution < -0.4 is 15.4 Å². The Kier molecular flexibility index (Phi) is 6.06. The first kappa shape index (κ1) is 16.6. The molecule has 2 aromatic rings. The highest BCUT2D eigenvalue weighted by molar-refractivity contribution is 14.1. The predicted octanol–water partition coefficient (Wildman–Crippen LogP) is 4.13. The molecule has 22 heavy (non-hydrogen) atoms. The Bertz CT molecular complexity index is 627. The fraction of sp³-hybridized carbons (Fsp3) is 0.235. The Morgan fingerprint density at radius 1 is 1.14 bits per heavy atom. The highest BCUT2D eigenvalue weighted by Gasteiger charge is 2.04. The molecule has 5 heteroatoms. The first-order chi connectivity index (χ1) is 10.5. The van der Waals surface area contributed by atoms with Crippen molar-refractivity contribution in [2.75, 3.05) is 17.2 Å². The van der Waals surface area contributed by atoms with E-state index in [2.05, 4.69) is 33.2 Å². The van der Waals surface area contributed by atoms with Crippen molar-refractivity contribution in [3.63, 3.8) is 0 Å². The first-order valence-corrected chi connectivity index (χ1v) is 8.17. The van der Waals surface area contributed by atoms with Gasteiger partial charge in [0.2, 0.25) is 5.91 Å². The van der Waals surface area contributed by atoms with E-state index in [1.54, 1.807) is 0 Å². The largest absolute Gasteiger partial charge is 0.491 e. The van der Waals surface area contributed by atoms with Gasteiger partial charge < -0.3 is 15.4 Å². The molecule has 2 N–H and O–H groups in total. The van der Waals surface area contributed by atoms with E-state index in [1.807, 2.05) is 62.4 Å². The molecule has 0 spiro atoms. The van der Waals surface area contributed by atoms with Crippen LogP contribution in [-0.2, 0) is 4.79 Å². The van der Waals surface area contributed by atoms with Crippen LogP contribution in [0.3, 0.4) is 0 Å². The number of nitrogens with one attached hydrogen (secondary N) is 2. The van der Waals surface area contributed by atoms with Crippen LogP contribution in [0.2, 0.25) is 0 Å². The van der Waals surface area contributed by atoms with E-state index < -0.39 is 0 Å². The number of anilines is 2. The second-order valence-corrected chi connectivity index (χ2v) is 6.35. The molecule has 0 saturated carbocycles. The molecule has 4 nitrogen and oxygen atoms in total. The molecule has 0 aliphatic carbocycles. The molecule has 0 fully saturated rings. The number of hydrogen-bond donors (Lipinski definition) is 2. The molecule has 1 amide bonds. The monoisotopic (exact) mass is 410 g/mol. The van der Waals surface area contributed by atoms with Crippen molar-refractivity contribution in [1.82, 2.24) is 0 Å². The van der Waals surface area contributed by atoms with Gasteiger partial charge in [-0.05, 0) is 72.8 Å². The molecule has 2 rings (SSSR count). The molecule has 0 heterocycles. The Labute approximate surface area is 144 Å². The van der Waals surface area contributed by atoms with Crippen molar-refractivity contribution in [2.24, 2.45) is 0 Å². The summed E-state index contributed by atoms with van der Waals surface area (Å²) in [5.41, 5.74) is 1.65. The van der Waals surface area contributed by atoms with Crippen molar-refractivity contribution >= 4 is 39.9 Å². The summed E-state index contributed by atoms with van der Waals surface area (Å²) in [4.78, 5) is 12.0. The maximum Gasteiger partial charge on any atom is 0.243 e. The van der Waals surface area contributed by atoms with Gasteiger partial charge in [0.15, 0.2) is 0 Å². The third kappa shape index (κ3) is 5.55. The Hall–Kier alpha value is -1.76. The smallest absolute Gasteiger partial charge is 0.243 e. The van der Waals surface area contributed by atoms with Gasteiger partial charge in [0.05, 0.1) is 12.6 Å². The van der Waals surface area contributed by atoms with Crippen molar-refractivity contribution in [1.29, 1.82) is 0 Å². The van der Waals surface area contributed by atoms with E-state index in [1.165, 1.54) is 0 Å². The van der Waals surface area contributed by atoms with Crippen LogP contribution in [0.25, 0.3) is 0 Å². The van der Waals surface area contributed by atoms with Gasteiger partial charge in [-0.2, -0.15) is 0 Å². The van der Waals surface area contributed by atoms with Gasteiger partial charge in [-0.25, -0.2) is 0 Å². The van der Waals surface area contributed by atoms with E-state index in [4.69, 9.17) is 4.74 Å². The van der Waals surface area contributed by atoms with Crippen molar-refractivity contribution in [3.8, 4) is 5.75 Å². The minimum atomic E-state index is -0.0970. The van der Waals surface area contributed by atoms with E-state index in [0.717, 1.165) is 20.7 Å². The summed E-state index contributed by atoms with van der Waals surface area (Å²) in [7, 11) is 0. The SMILES string of the molecule is CC(C)Oc1cccc(NC(=O)CNc2ccc(I)cc2)c1. The lowest BCUT2D eigenvalue weighted by molar-refractivity contribution is -0.114. The zero-order valence-corrected chi connectivity index (χ0v) is 14.8. The molecule has 0 bridgehead atoms. The van der Waals surface area contributed by atoms with Crippen molar-refractivity contribution in [3.05, 3.63) is 52.1 Å². The maximum atomic E-state index is 12.0. The van der Waals surface area contributed by atoms with Crippen molar-refractivity contribution in [2.45, 2.75) is 20.0 Å². The number of benzene rings is 2. The van der Waals surface area contributed by atoms with E-state index in [-0.39, 0.29) is 18.6 Å². The van der Waals surface area contributed by atoms with Crippen LogP contribution in [0.1, 0.15) is 13.8 Å². The average Bonchev–Trinajstić information content (AvgIpc) is 2.46. The summed E-state index contributed by atoms with van der Waals surface area (Å²) < 4.78 is 6.77. The number of hydrogen-bond acceptors (Lipinski definition) is 3. The number of halogens is 1. The highest BCUT2D eigenvalue weighted by atomic mass is 127. The topological polar surface area (TPSA) is 50.4 Å². The summed E-state index contributed by atoms with van der Waals surface area (Å²) >= 11 is 2.25. The lowest BCUT2D eigenvalue weighted by Crippen LogP contribution is -2.21. The Morgan fingerprint density at radius 3 is 2.55 bits per heavy atom. The summed E-state index contributed by atoms with van der Waals surface area (Å²) in [5.74, 6) is 0.652. The lowest BCUT2D eigenvalue weighted by Gasteiger charge is -2.12.